The average Bonchev–Trinajstić information content (AvgIpc) is 2.30. The second kappa shape index (κ2) is 6.82. The molecule has 0 saturated carbocycles. The first-order valence-electron chi connectivity index (χ1n) is 7.06. The fourth-order valence-corrected chi connectivity index (χ4v) is 1.82. The highest BCUT2D eigenvalue weighted by molar-refractivity contribution is 9.10. The van der Waals surface area contributed by atoms with E-state index in [9.17, 15) is 9.59 Å². The number of carbonyl (C=O) groups excluding carboxylic acids is 2. The van der Waals surface area contributed by atoms with Crippen molar-refractivity contribution in [3.05, 3.63) is 16.4 Å². The van der Waals surface area contributed by atoms with Crippen LogP contribution in [0.4, 0.5) is 15.3 Å². The van der Waals surface area contributed by atoms with E-state index in [2.05, 4.69) is 26.1 Å². The molecule has 1 aromatic heterocycles. The number of aromatic nitrogens is 2. The number of ether oxygens (including phenoxy) is 2. The van der Waals surface area contributed by atoms with E-state index in [1.54, 1.807) is 48.5 Å². The van der Waals surface area contributed by atoms with Gasteiger partial charge in [0.1, 0.15) is 15.8 Å². The molecule has 0 aliphatic rings. The standard InChI is InChI=1S/C15H22BrN3O4/c1-9-10(8-17-18-11(9)16)19(12(20)22-14(2,3)4)13(21)23-15(5,6)7/h8H,1-7H3. The number of rotatable bonds is 1. The van der Waals surface area contributed by atoms with Crippen LogP contribution in [0, 0.1) is 6.92 Å². The van der Waals surface area contributed by atoms with E-state index >= 15 is 0 Å². The van der Waals surface area contributed by atoms with Crippen LogP contribution in [-0.2, 0) is 9.47 Å². The van der Waals surface area contributed by atoms with Gasteiger partial charge in [-0.15, -0.1) is 5.10 Å². The predicted molar refractivity (Wildman–Crippen MR) is 89.4 cm³/mol. The van der Waals surface area contributed by atoms with Gasteiger partial charge in [-0.1, -0.05) is 0 Å². The molecule has 0 aliphatic carbocycles. The number of carbonyl (C=O) groups is 2. The zero-order valence-corrected chi connectivity index (χ0v) is 16.0. The highest BCUT2D eigenvalue weighted by atomic mass is 79.9. The van der Waals surface area contributed by atoms with Gasteiger partial charge < -0.3 is 9.47 Å². The SMILES string of the molecule is Cc1c(N(C(=O)OC(C)(C)C)C(=O)OC(C)(C)C)cnnc1Br. The van der Waals surface area contributed by atoms with Gasteiger partial charge in [0.2, 0.25) is 0 Å². The molecule has 23 heavy (non-hydrogen) atoms. The van der Waals surface area contributed by atoms with E-state index in [1.165, 1.54) is 6.20 Å². The van der Waals surface area contributed by atoms with E-state index in [0.29, 0.717) is 10.2 Å². The molecule has 0 bridgehead atoms. The first kappa shape index (κ1) is 19.3. The van der Waals surface area contributed by atoms with E-state index in [1.807, 2.05) is 0 Å². The normalized spacial score (nSPS) is 11.8. The minimum absolute atomic E-state index is 0.246. The molecular formula is C15H22BrN3O4. The van der Waals surface area contributed by atoms with Gasteiger partial charge in [-0.25, -0.2) is 9.59 Å². The van der Waals surface area contributed by atoms with Crippen LogP contribution in [0.1, 0.15) is 47.1 Å². The molecule has 1 rings (SSSR count). The lowest BCUT2D eigenvalue weighted by molar-refractivity contribution is 0.0430. The third-order valence-corrected chi connectivity index (χ3v) is 3.17. The van der Waals surface area contributed by atoms with Gasteiger partial charge in [0, 0.05) is 5.56 Å². The Balaban J connectivity index is 3.29. The van der Waals surface area contributed by atoms with Crippen molar-refractivity contribution in [2.24, 2.45) is 0 Å². The van der Waals surface area contributed by atoms with E-state index in [0.717, 1.165) is 4.90 Å². The Labute approximate surface area is 144 Å². The lowest BCUT2D eigenvalue weighted by Crippen LogP contribution is -2.44. The van der Waals surface area contributed by atoms with Crippen LogP contribution < -0.4 is 4.90 Å². The Morgan fingerprint density at radius 2 is 1.48 bits per heavy atom. The molecule has 8 heteroatoms. The molecule has 0 aromatic carbocycles. The maximum absolute atomic E-state index is 12.5. The molecule has 128 valence electrons. The molecule has 0 fully saturated rings. The summed E-state index contributed by atoms with van der Waals surface area (Å²) in [6, 6.07) is 0. The third kappa shape index (κ3) is 5.78. The predicted octanol–water partition coefficient (Wildman–Crippen LogP) is 4.22. The van der Waals surface area contributed by atoms with E-state index in [4.69, 9.17) is 9.47 Å². The van der Waals surface area contributed by atoms with Crippen molar-refractivity contribution < 1.29 is 19.1 Å². The molecule has 0 atom stereocenters. The topological polar surface area (TPSA) is 81.6 Å². The third-order valence-electron chi connectivity index (χ3n) is 2.41. The molecule has 1 aromatic rings. The molecule has 0 saturated heterocycles. The smallest absolute Gasteiger partial charge is 0.424 e. The second-order valence-corrected chi connectivity index (χ2v) is 7.69. The van der Waals surface area contributed by atoms with E-state index < -0.39 is 23.4 Å². The van der Waals surface area contributed by atoms with Gasteiger partial charge >= 0.3 is 12.2 Å². The van der Waals surface area contributed by atoms with Gasteiger partial charge in [0.15, 0.2) is 0 Å². The van der Waals surface area contributed by atoms with Crippen molar-refractivity contribution in [1.29, 1.82) is 0 Å². The summed E-state index contributed by atoms with van der Waals surface area (Å²) in [5.41, 5.74) is -0.710. The van der Waals surface area contributed by atoms with Crippen molar-refractivity contribution in [2.45, 2.75) is 59.7 Å². The van der Waals surface area contributed by atoms with Crippen molar-refractivity contribution in [2.75, 3.05) is 4.90 Å². The Hall–Kier alpha value is -1.70. The Kier molecular flexibility index (Phi) is 5.74. The zero-order valence-electron chi connectivity index (χ0n) is 14.4. The van der Waals surface area contributed by atoms with Crippen LogP contribution in [0.15, 0.2) is 10.8 Å². The number of hydrogen-bond donors (Lipinski definition) is 0. The number of amides is 2. The lowest BCUT2D eigenvalue weighted by Gasteiger charge is -2.29. The van der Waals surface area contributed by atoms with Crippen LogP contribution in [0.3, 0.4) is 0 Å². The van der Waals surface area contributed by atoms with Gasteiger partial charge in [0.05, 0.1) is 11.9 Å². The lowest BCUT2D eigenvalue weighted by atomic mass is 10.2. The summed E-state index contributed by atoms with van der Waals surface area (Å²) in [6.07, 6.45) is -0.363. The first-order chi connectivity index (χ1) is 10.3. The van der Waals surface area contributed by atoms with Gasteiger partial charge in [-0.3, -0.25) is 0 Å². The van der Waals surface area contributed by atoms with Crippen molar-refractivity contribution in [1.82, 2.24) is 10.2 Å². The maximum Gasteiger partial charge on any atom is 0.424 e. The number of anilines is 1. The largest absolute Gasteiger partial charge is 0.443 e. The van der Waals surface area contributed by atoms with Crippen LogP contribution in [0.5, 0.6) is 0 Å². The molecule has 0 radical (unpaired) electrons. The van der Waals surface area contributed by atoms with Crippen LogP contribution in [0.2, 0.25) is 0 Å². The summed E-state index contributed by atoms with van der Waals surface area (Å²) in [6.45, 7) is 12.0. The number of hydrogen-bond acceptors (Lipinski definition) is 6. The van der Waals surface area contributed by atoms with Crippen LogP contribution >= 0.6 is 15.9 Å². The van der Waals surface area contributed by atoms with Crippen molar-refractivity contribution in [3.63, 3.8) is 0 Å². The molecule has 1 heterocycles. The summed E-state index contributed by atoms with van der Waals surface area (Å²) >= 11 is 3.23. The van der Waals surface area contributed by atoms with Gasteiger partial charge in [-0.05, 0) is 64.4 Å². The molecule has 0 aliphatic heterocycles. The van der Waals surface area contributed by atoms with E-state index in [-0.39, 0.29) is 5.69 Å². The summed E-state index contributed by atoms with van der Waals surface area (Å²) in [5.74, 6) is 0. The summed E-state index contributed by atoms with van der Waals surface area (Å²) in [7, 11) is 0. The van der Waals surface area contributed by atoms with Gasteiger partial charge in [0.25, 0.3) is 0 Å². The number of nitrogens with zero attached hydrogens (tertiary/aromatic N) is 3. The van der Waals surface area contributed by atoms with Crippen molar-refractivity contribution in [3.8, 4) is 0 Å². The Morgan fingerprint density at radius 1 is 1.04 bits per heavy atom. The second-order valence-electron chi connectivity index (χ2n) is 6.94. The molecular weight excluding hydrogens is 366 g/mol. The molecule has 0 unspecified atom stereocenters. The van der Waals surface area contributed by atoms with Crippen molar-refractivity contribution >= 4 is 33.8 Å². The monoisotopic (exact) mass is 387 g/mol. The summed E-state index contributed by atoms with van der Waals surface area (Å²) in [4.78, 5) is 25.8. The fourth-order valence-electron chi connectivity index (χ4n) is 1.52. The first-order valence-corrected chi connectivity index (χ1v) is 7.85. The van der Waals surface area contributed by atoms with Crippen LogP contribution in [0.25, 0.3) is 0 Å². The average molecular weight is 388 g/mol. The van der Waals surface area contributed by atoms with Gasteiger partial charge in [-0.2, -0.15) is 10.00 Å². The highest BCUT2D eigenvalue weighted by Gasteiger charge is 2.34. The minimum Gasteiger partial charge on any atom is -0.443 e. The number of imide groups is 1. The zero-order chi connectivity index (χ0) is 18.0. The summed E-state index contributed by atoms with van der Waals surface area (Å²) in [5, 5.41) is 7.59. The Bertz CT molecular complexity index is 578. The molecule has 0 spiro atoms. The fraction of sp³-hybridized carbons (Fsp3) is 0.600. The summed E-state index contributed by atoms with van der Waals surface area (Å²) < 4.78 is 11.0. The molecule has 2 amide bonds. The quantitative estimate of drug-likeness (QED) is 0.716. The van der Waals surface area contributed by atoms with Crippen LogP contribution in [-0.4, -0.2) is 33.6 Å². The Morgan fingerprint density at radius 3 is 1.87 bits per heavy atom. The maximum atomic E-state index is 12.5. The molecule has 0 N–H and O–H groups in total. The molecule has 7 nitrogen and oxygen atoms in total. The number of halogens is 1. The minimum atomic E-state index is -0.838. The highest BCUT2D eigenvalue weighted by Crippen LogP contribution is 2.27.